The molecule has 1 heterocycles. The maximum Gasteiger partial charge on any atom is 0.0702 e. The molecule has 1 saturated heterocycles. The molecule has 0 aromatic carbocycles. The van der Waals surface area contributed by atoms with Crippen LogP contribution in [0.5, 0.6) is 0 Å². The predicted octanol–water partition coefficient (Wildman–Crippen LogP) is 0.994. The van der Waals surface area contributed by atoms with Gasteiger partial charge in [0.05, 0.1) is 12.2 Å². The average molecular weight is 242 g/mol. The summed E-state index contributed by atoms with van der Waals surface area (Å²) in [6.07, 6.45) is 6.63. The van der Waals surface area contributed by atoms with Gasteiger partial charge >= 0.3 is 0 Å². The number of ether oxygens (including phenoxy) is 2. The highest BCUT2D eigenvalue weighted by molar-refractivity contribution is 5.04. The van der Waals surface area contributed by atoms with Gasteiger partial charge in [-0.1, -0.05) is 0 Å². The standard InChI is InChI=1S/C13H26N2O2/c1-15(9-11-5-3-4-6-17-11)13(10-14)7-12(8-13)16-2/h11-12H,3-10,14H2,1-2H3. The van der Waals surface area contributed by atoms with E-state index in [1.165, 1.54) is 19.3 Å². The van der Waals surface area contributed by atoms with Gasteiger partial charge in [0.1, 0.15) is 0 Å². The molecular formula is C13H26N2O2. The van der Waals surface area contributed by atoms with Gasteiger partial charge < -0.3 is 15.2 Å². The molecule has 0 radical (unpaired) electrons. The van der Waals surface area contributed by atoms with E-state index in [9.17, 15) is 0 Å². The zero-order chi connectivity index (χ0) is 12.3. The molecule has 1 saturated carbocycles. The first-order chi connectivity index (χ1) is 8.20. The molecule has 2 N–H and O–H groups in total. The molecule has 100 valence electrons. The second kappa shape index (κ2) is 5.65. The Hall–Kier alpha value is -0.160. The van der Waals surface area contributed by atoms with Crippen LogP contribution in [0, 0.1) is 0 Å². The second-order valence-corrected chi connectivity index (χ2v) is 5.56. The summed E-state index contributed by atoms with van der Waals surface area (Å²) >= 11 is 0. The third-order valence-electron chi connectivity index (χ3n) is 4.49. The lowest BCUT2D eigenvalue weighted by Crippen LogP contribution is -2.63. The van der Waals surface area contributed by atoms with E-state index in [2.05, 4.69) is 11.9 Å². The number of hydrogen-bond donors (Lipinski definition) is 1. The van der Waals surface area contributed by atoms with Crippen molar-refractivity contribution in [3.05, 3.63) is 0 Å². The fraction of sp³-hybridized carbons (Fsp3) is 1.00. The highest BCUT2D eigenvalue weighted by atomic mass is 16.5. The molecule has 17 heavy (non-hydrogen) atoms. The van der Waals surface area contributed by atoms with Gasteiger partial charge in [-0.05, 0) is 39.2 Å². The smallest absolute Gasteiger partial charge is 0.0702 e. The first-order valence-electron chi connectivity index (χ1n) is 6.76. The summed E-state index contributed by atoms with van der Waals surface area (Å²) in [5, 5.41) is 0. The summed E-state index contributed by atoms with van der Waals surface area (Å²) in [4.78, 5) is 2.40. The highest BCUT2D eigenvalue weighted by Crippen LogP contribution is 2.38. The Morgan fingerprint density at radius 2 is 2.18 bits per heavy atom. The summed E-state index contributed by atoms with van der Waals surface area (Å²) in [7, 11) is 3.96. The number of nitrogens with zero attached hydrogens (tertiary/aromatic N) is 1. The number of methoxy groups -OCH3 is 1. The number of likely N-dealkylation sites (N-methyl/N-ethyl adjacent to an activating group) is 1. The number of nitrogens with two attached hydrogens (primary N) is 1. The Bertz CT molecular complexity index is 236. The van der Waals surface area contributed by atoms with Crippen LogP contribution < -0.4 is 5.73 Å². The molecule has 0 aromatic rings. The Balaban J connectivity index is 1.83. The normalized spacial score (nSPS) is 38.1. The largest absolute Gasteiger partial charge is 0.381 e. The molecule has 2 fully saturated rings. The molecule has 2 aliphatic rings. The van der Waals surface area contributed by atoms with Gasteiger partial charge in [0.2, 0.25) is 0 Å². The molecule has 4 heteroatoms. The second-order valence-electron chi connectivity index (χ2n) is 5.56. The highest BCUT2D eigenvalue weighted by Gasteiger charge is 2.46. The van der Waals surface area contributed by atoms with Gasteiger partial charge in [-0.25, -0.2) is 0 Å². The van der Waals surface area contributed by atoms with Crippen molar-refractivity contribution in [3.8, 4) is 0 Å². The van der Waals surface area contributed by atoms with E-state index in [1.807, 2.05) is 0 Å². The minimum absolute atomic E-state index is 0.154. The Morgan fingerprint density at radius 1 is 1.41 bits per heavy atom. The fourth-order valence-electron chi connectivity index (χ4n) is 3.04. The molecule has 0 aromatic heterocycles. The Labute approximate surface area is 104 Å². The summed E-state index contributed by atoms with van der Waals surface area (Å²) in [6, 6.07) is 0. The molecule has 4 nitrogen and oxygen atoms in total. The van der Waals surface area contributed by atoms with Crippen molar-refractivity contribution in [2.75, 3.05) is 33.9 Å². The Morgan fingerprint density at radius 3 is 2.71 bits per heavy atom. The molecule has 2 rings (SSSR count). The summed E-state index contributed by atoms with van der Waals surface area (Å²) in [5.41, 5.74) is 6.11. The SMILES string of the molecule is COC1CC(CN)(N(C)CC2CCCCO2)C1. The number of hydrogen-bond acceptors (Lipinski definition) is 4. The van der Waals surface area contributed by atoms with Crippen LogP contribution in [-0.2, 0) is 9.47 Å². The van der Waals surface area contributed by atoms with Crippen molar-refractivity contribution < 1.29 is 9.47 Å². The maximum absolute atomic E-state index is 5.95. The van der Waals surface area contributed by atoms with Crippen LogP contribution in [0.4, 0.5) is 0 Å². The first kappa shape index (κ1) is 13.3. The van der Waals surface area contributed by atoms with E-state index in [4.69, 9.17) is 15.2 Å². The number of rotatable bonds is 5. The van der Waals surface area contributed by atoms with Crippen LogP contribution in [-0.4, -0.2) is 56.5 Å². The zero-order valence-electron chi connectivity index (χ0n) is 11.2. The van der Waals surface area contributed by atoms with Crippen LogP contribution in [0.3, 0.4) is 0 Å². The fourth-order valence-corrected chi connectivity index (χ4v) is 3.04. The van der Waals surface area contributed by atoms with Gasteiger partial charge in [0.15, 0.2) is 0 Å². The minimum atomic E-state index is 0.154. The van der Waals surface area contributed by atoms with Crippen LogP contribution in [0.25, 0.3) is 0 Å². The van der Waals surface area contributed by atoms with Crippen molar-refractivity contribution in [1.82, 2.24) is 4.90 Å². The van der Waals surface area contributed by atoms with Crippen molar-refractivity contribution in [1.29, 1.82) is 0 Å². The lowest BCUT2D eigenvalue weighted by Gasteiger charge is -2.52. The predicted molar refractivity (Wildman–Crippen MR) is 68.0 cm³/mol. The van der Waals surface area contributed by atoms with E-state index >= 15 is 0 Å². The lowest BCUT2D eigenvalue weighted by atomic mass is 9.73. The molecule has 1 aliphatic carbocycles. The quantitative estimate of drug-likeness (QED) is 0.781. The van der Waals surface area contributed by atoms with Crippen LogP contribution in [0.2, 0.25) is 0 Å². The maximum atomic E-state index is 5.95. The zero-order valence-corrected chi connectivity index (χ0v) is 11.2. The van der Waals surface area contributed by atoms with Crippen molar-refractivity contribution in [3.63, 3.8) is 0 Å². The minimum Gasteiger partial charge on any atom is -0.381 e. The molecule has 1 unspecified atom stereocenters. The van der Waals surface area contributed by atoms with Crippen molar-refractivity contribution >= 4 is 0 Å². The van der Waals surface area contributed by atoms with Gasteiger partial charge in [0, 0.05) is 32.3 Å². The van der Waals surface area contributed by atoms with Crippen LogP contribution in [0.1, 0.15) is 32.1 Å². The third kappa shape index (κ3) is 2.81. The van der Waals surface area contributed by atoms with Gasteiger partial charge in [-0.2, -0.15) is 0 Å². The molecule has 0 bridgehead atoms. The lowest BCUT2D eigenvalue weighted by molar-refractivity contribution is -0.0978. The summed E-state index contributed by atoms with van der Waals surface area (Å²) in [5.74, 6) is 0. The molecule has 1 atom stereocenters. The first-order valence-corrected chi connectivity index (χ1v) is 6.76. The van der Waals surface area contributed by atoms with Crippen LogP contribution in [0.15, 0.2) is 0 Å². The molecule has 0 amide bonds. The summed E-state index contributed by atoms with van der Waals surface area (Å²) < 4.78 is 11.2. The molecular weight excluding hydrogens is 216 g/mol. The molecule has 0 spiro atoms. The van der Waals surface area contributed by atoms with Gasteiger partial charge in [-0.3, -0.25) is 4.90 Å². The summed E-state index contributed by atoms with van der Waals surface area (Å²) in [6.45, 7) is 2.65. The van der Waals surface area contributed by atoms with E-state index in [0.717, 1.165) is 32.5 Å². The Kier molecular flexibility index (Phi) is 4.42. The van der Waals surface area contributed by atoms with Gasteiger partial charge in [-0.15, -0.1) is 0 Å². The topological polar surface area (TPSA) is 47.7 Å². The van der Waals surface area contributed by atoms with E-state index in [0.29, 0.717) is 12.2 Å². The molecule has 1 aliphatic heterocycles. The van der Waals surface area contributed by atoms with E-state index in [1.54, 1.807) is 7.11 Å². The van der Waals surface area contributed by atoms with E-state index in [-0.39, 0.29) is 5.54 Å². The van der Waals surface area contributed by atoms with E-state index < -0.39 is 0 Å². The van der Waals surface area contributed by atoms with Crippen LogP contribution >= 0.6 is 0 Å². The van der Waals surface area contributed by atoms with Crippen molar-refractivity contribution in [2.24, 2.45) is 5.73 Å². The average Bonchev–Trinajstić information content (AvgIpc) is 2.30. The van der Waals surface area contributed by atoms with Gasteiger partial charge in [0.25, 0.3) is 0 Å². The van der Waals surface area contributed by atoms with Crippen molar-refractivity contribution in [2.45, 2.75) is 49.9 Å². The monoisotopic (exact) mass is 242 g/mol. The third-order valence-corrected chi connectivity index (χ3v) is 4.49.